The summed E-state index contributed by atoms with van der Waals surface area (Å²) in [5.74, 6) is 6.42. The second-order valence-electron chi connectivity index (χ2n) is 3.81. The van der Waals surface area contributed by atoms with Crippen molar-refractivity contribution in [2.45, 2.75) is 19.3 Å². The van der Waals surface area contributed by atoms with Gasteiger partial charge in [0.15, 0.2) is 0 Å². The van der Waals surface area contributed by atoms with Crippen molar-refractivity contribution in [3.8, 4) is 0 Å². The Labute approximate surface area is 85.5 Å². The minimum Gasteiger partial charge on any atom is -0.368 e. The maximum Gasteiger partial charge on any atom is 0.213 e. The molecule has 0 aromatic carbocycles. The molecular weight excluding hydrogens is 178 g/mol. The van der Waals surface area contributed by atoms with Crippen LogP contribution >= 0.6 is 0 Å². The molecule has 5 N–H and O–H groups in total. The van der Waals surface area contributed by atoms with Gasteiger partial charge in [0.1, 0.15) is 0 Å². The van der Waals surface area contributed by atoms with Crippen molar-refractivity contribution in [1.29, 1.82) is 0 Å². The summed E-state index contributed by atoms with van der Waals surface area (Å²) >= 11 is 0. The van der Waals surface area contributed by atoms with Gasteiger partial charge < -0.3 is 21.8 Å². The Hall–Kier alpha value is -0.970. The summed E-state index contributed by atoms with van der Waals surface area (Å²) in [5, 5.41) is 6.69. The fraction of sp³-hybridized carbons (Fsp3) is 0.889. The Kier molecular flexibility index (Phi) is 4.52. The van der Waals surface area contributed by atoms with Gasteiger partial charge in [0.05, 0.1) is 0 Å². The quantitative estimate of drug-likeness (QED) is 0.248. The Morgan fingerprint density at radius 1 is 1.50 bits per heavy atom. The molecule has 0 bridgehead atoms. The standard InChI is InChI=1S/C9H21N5/c1-12-5-2-8-3-6-14(7-4-8)9(10)13-11/h8,12H,2-7,11H2,1H3,(H2,10,13). The van der Waals surface area contributed by atoms with Gasteiger partial charge in [-0.05, 0) is 38.8 Å². The molecule has 5 heteroatoms. The molecule has 1 saturated heterocycles. The van der Waals surface area contributed by atoms with E-state index in [1.807, 2.05) is 7.05 Å². The molecule has 1 rings (SSSR count). The summed E-state index contributed by atoms with van der Waals surface area (Å²) < 4.78 is 0. The molecule has 0 aliphatic carbocycles. The van der Waals surface area contributed by atoms with Gasteiger partial charge in [0.25, 0.3) is 0 Å². The molecule has 0 unspecified atom stereocenters. The number of hydrogen-bond acceptors (Lipinski definition) is 3. The number of likely N-dealkylation sites (tertiary alicyclic amines) is 1. The van der Waals surface area contributed by atoms with Gasteiger partial charge >= 0.3 is 0 Å². The first kappa shape index (κ1) is 11.1. The third kappa shape index (κ3) is 3.06. The highest BCUT2D eigenvalue weighted by Crippen LogP contribution is 2.19. The number of nitrogens with two attached hydrogens (primary N) is 2. The van der Waals surface area contributed by atoms with Crippen LogP contribution in [0.5, 0.6) is 0 Å². The molecule has 1 fully saturated rings. The van der Waals surface area contributed by atoms with Crippen LogP contribution in [0.1, 0.15) is 19.3 Å². The van der Waals surface area contributed by atoms with Crippen molar-refractivity contribution >= 4 is 5.96 Å². The van der Waals surface area contributed by atoms with Crippen molar-refractivity contribution < 1.29 is 0 Å². The Morgan fingerprint density at radius 3 is 2.64 bits per heavy atom. The van der Waals surface area contributed by atoms with Crippen molar-refractivity contribution in [1.82, 2.24) is 10.2 Å². The highest BCUT2D eigenvalue weighted by molar-refractivity contribution is 5.77. The average molecular weight is 199 g/mol. The van der Waals surface area contributed by atoms with Crippen LogP contribution in [0, 0.1) is 5.92 Å². The smallest absolute Gasteiger partial charge is 0.213 e. The SMILES string of the molecule is CNCCC1CCN(/C(N)=N/N)CC1. The Balaban J connectivity index is 2.24. The fourth-order valence-electron chi connectivity index (χ4n) is 1.88. The molecule has 1 aliphatic heterocycles. The summed E-state index contributed by atoms with van der Waals surface area (Å²) in [5.41, 5.74) is 5.63. The van der Waals surface area contributed by atoms with E-state index < -0.39 is 0 Å². The fourth-order valence-corrected chi connectivity index (χ4v) is 1.88. The molecule has 0 spiro atoms. The van der Waals surface area contributed by atoms with Crippen LogP contribution in [-0.4, -0.2) is 37.5 Å². The van der Waals surface area contributed by atoms with E-state index in [0.717, 1.165) is 25.6 Å². The molecular formula is C9H21N5. The van der Waals surface area contributed by atoms with Crippen LogP contribution in [0.3, 0.4) is 0 Å². The molecule has 82 valence electrons. The van der Waals surface area contributed by atoms with Crippen molar-refractivity contribution in [2.75, 3.05) is 26.7 Å². The number of nitrogens with one attached hydrogen (secondary N) is 1. The maximum atomic E-state index is 5.63. The number of rotatable bonds is 3. The van der Waals surface area contributed by atoms with E-state index in [1.165, 1.54) is 19.3 Å². The molecule has 0 radical (unpaired) electrons. The zero-order valence-corrected chi connectivity index (χ0v) is 8.87. The summed E-state index contributed by atoms with van der Waals surface area (Å²) in [7, 11) is 1.99. The first-order valence-electron chi connectivity index (χ1n) is 5.20. The topological polar surface area (TPSA) is 79.7 Å². The average Bonchev–Trinajstić information content (AvgIpc) is 2.26. The largest absolute Gasteiger partial charge is 0.368 e. The molecule has 1 heterocycles. The third-order valence-corrected chi connectivity index (χ3v) is 2.87. The number of hydrogen-bond donors (Lipinski definition) is 3. The van der Waals surface area contributed by atoms with Gasteiger partial charge in [0, 0.05) is 13.1 Å². The second-order valence-corrected chi connectivity index (χ2v) is 3.81. The van der Waals surface area contributed by atoms with Gasteiger partial charge in [0.2, 0.25) is 5.96 Å². The van der Waals surface area contributed by atoms with Crippen molar-refractivity contribution in [3.05, 3.63) is 0 Å². The van der Waals surface area contributed by atoms with Crippen LogP contribution in [0.15, 0.2) is 5.10 Å². The lowest BCUT2D eigenvalue weighted by molar-refractivity contribution is 0.253. The van der Waals surface area contributed by atoms with E-state index >= 15 is 0 Å². The minimum absolute atomic E-state index is 0.470. The van der Waals surface area contributed by atoms with Crippen LogP contribution in [0.25, 0.3) is 0 Å². The van der Waals surface area contributed by atoms with E-state index in [4.69, 9.17) is 11.6 Å². The van der Waals surface area contributed by atoms with Crippen molar-refractivity contribution in [2.24, 2.45) is 22.6 Å². The van der Waals surface area contributed by atoms with Gasteiger partial charge in [-0.25, -0.2) is 0 Å². The molecule has 0 aromatic heterocycles. The van der Waals surface area contributed by atoms with Gasteiger partial charge in [-0.3, -0.25) is 0 Å². The number of guanidine groups is 1. The first-order chi connectivity index (χ1) is 6.77. The minimum atomic E-state index is 0.470. The second kappa shape index (κ2) is 5.70. The zero-order chi connectivity index (χ0) is 10.4. The lowest BCUT2D eigenvalue weighted by atomic mass is 9.94. The summed E-state index contributed by atoms with van der Waals surface area (Å²) in [6.07, 6.45) is 3.64. The highest BCUT2D eigenvalue weighted by Gasteiger charge is 2.19. The zero-order valence-electron chi connectivity index (χ0n) is 8.87. The van der Waals surface area contributed by atoms with E-state index in [-0.39, 0.29) is 0 Å². The van der Waals surface area contributed by atoms with E-state index in [1.54, 1.807) is 0 Å². The summed E-state index contributed by atoms with van der Waals surface area (Å²) in [4.78, 5) is 2.05. The molecule has 0 aromatic rings. The Bertz CT molecular complexity index is 184. The van der Waals surface area contributed by atoms with Gasteiger partial charge in [-0.2, -0.15) is 0 Å². The normalized spacial score (nSPS) is 20.1. The number of piperidine rings is 1. The lowest BCUT2D eigenvalue weighted by Crippen LogP contribution is -2.43. The number of hydrazone groups is 1. The third-order valence-electron chi connectivity index (χ3n) is 2.87. The van der Waals surface area contributed by atoms with E-state index in [0.29, 0.717) is 5.96 Å². The summed E-state index contributed by atoms with van der Waals surface area (Å²) in [6, 6.07) is 0. The molecule has 5 nitrogen and oxygen atoms in total. The number of nitrogens with zero attached hydrogens (tertiary/aromatic N) is 2. The van der Waals surface area contributed by atoms with Crippen LogP contribution in [-0.2, 0) is 0 Å². The van der Waals surface area contributed by atoms with Gasteiger partial charge in [-0.1, -0.05) is 0 Å². The van der Waals surface area contributed by atoms with E-state index in [9.17, 15) is 0 Å². The molecule has 14 heavy (non-hydrogen) atoms. The predicted octanol–water partition coefficient (Wildman–Crippen LogP) is -0.504. The first-order valence-corrected chi connectivity index (χ1v) is 5.20. The molecule has 0 amide bonds. The Morgan fingerprint density at radius 2 is 2.14 bits per heavy atom. The van der Waals surface area contributed by atoms with Crippen LogP contribution in [0.4, 0.5) is 0 Å². The van der Waals surface area contributed by atoms with Crippen LogP contribution < -0.4 is 16.9 Å². The monoisotopic (exact) mass is 199 g/mol. The van der Waals surface area contributed by atoms with Gasteiger partial charge in [-0.15, -0.1) is 5.10 Å². The maximum absolute atomic E-state index is 5.63. The van der Waals surface area contributed by atoms with E-state index in [2.05, 4.69) is 15.3 Å². The molecule has 0 saturated carbocycles. The van der Waals surface area contributed by atoms with Crippen LogP contribution in [0.2, 0.25) is 0 Å². The molecule has 0 atom stereocenters. The molecule has 1 aliphatic rings. The van der Waals surface area contributed by atoms with Crippen molar-refractivity contribution in [3.63, 3.8) is 0 Å². The summed E-state index contributed by atoms with van der Waals surface area (Å²) in [6.45, 7) is 3.08. The highest BCUT2D eigenvalue weighted by atomic mass is 15.3. The predicted molar refractivity (Wildman–Crippen MR) is 58.7 cm³/mol. The lowest BCUT2D eigenvalue weighted by Gasteiger charge is -2.32.